The number of piperidine rings is 1. The molecule has 0 bridgehead atoms. The van der Waals surface area contributed by atoms with E-state index >= 15 is 0 Å². The van der Waals surface area contributed by atoms with E-state index in [0.717, 1.165) is 18.4 Å². The second kappa shape index (κ2) is 9.37. The van der Waals surface area contributed by atoms with Gasteiger partial charge in [0.05, 0.1) is 18.8 Å². The normalized spacial score (nSPS) is 20.4. The number of ether oxygens (including phenoxy) is 1. The molecule has 164 valence electrons. The van der Waals surface area contributed by atoms with Gasteiger partial charge in [-0.2, -0.15) is 0 Å². The topological polar surface area (TPSA) is 59.0 Å². The number of amides is 1. The Morgan fingerprint density at radius 1 is 1.28 bits per heavy atom. The van der Waals surface area contributed by atoms with Crippen LogP contribution in [-0.2, 0) is 14.8 Å². The summed E-state index contributed by atoms with van der Waals surface area (Å²) in [6.45, 7) is 15.2. The molecule has 2 unspecified atom stereocenters. The molecule has 0 spiro atoms. The quantitative estimate of drug-likeness (QED) is 0.417. The van der Waals surface area contributed by atoms with Crippen molar-refractivity contribution in [2.75, 3.05) is 26.3 Å². The van der Waals surface area contributed by atoms with Gasteiger partial charge in [0.2, 0.25) is 0 Å². The Balaban J connectivity index is 2.17. The second-order valence-corrected chi connectivity index (χ2v) is 14.9. The average Bonchev–Trinajstić information content (AvgIpc) is 2.64. The number of likely N-dealkylation sites (tertiary alicyclic amines) is 1. The molecule has 2 rings (SSSR count). The summed E-state index contributed by atoms with van der Waals surface area (Å²) >= 11 is 6.26. The standard InChI is InChI=1S/C22H36ClNO4Si/c1-21(2,3)29(5,6)28-14-13-27-22(4,17-9-7-11-19(23)15-17)18-10-8-12-24(16-18)20(25)26/h7,9,11,15,18H,8,10,12-14,16H2,1-6H3,(H,25,26). The molecule has 1 aromatic carbocycles. The maximum Gasteiger partial charge on any atom is 0.407 e. The summed E-state index contributed by atoms with van der Waals surface area (Å²) < 4.78 is 12.7. The first-order valence-electron chi connectivity index (χ1n) is 10.4. The zero-order chi connectivity index (χ0) is 21.9. The number of benzene rings is 1. The Labute approximate surface area is 181 Å². The fraction of sp³-hybridized carbons (Fsp3) is 0.682. The average molecular weight is 442 g/mol. The second-order valence-electron chi connectivity index (χ2n) is 9.64. The van der Waals surface area contributed by atoms with E-state index in [0.29, 0.717) is 31.3 Å². The zero-order valence-corrected chi connectivity index (χ0v) is 20.4. The van der Waals surface area contributed by atoms with Gasteiger partial charge in [-0.1, -0.05) is 44.5 Å². The summed E-state index contributed by atoms with van der Waals surface area (Å²) in [5.41, 5.74) is 0.352. The van der Waals surface area contributed by atoms with Crippen molar-refractivity contribution in [2.45, 2.75) is 64.3 Å². The third kappa shape index (κ3) is 5.97. The number of carbonyl (C=O) groups is 1. The highest BCUT2D eigenvalue weighted by Gasteiger charge is 2.41. The van der Waals surface area contributed by atoms with Gasteiger partial charge in [0.1, 0.15) is 0 Å². The first kappa shape index (κ1) is 24.2. The molecule has 0 saturated carbocycles. The molecule has 1 aliphatic heterocycles. The number of nitrogens with zero attached hydrogens (tertiary/aromatic N) is 1. The van der Waals surface area contributed by atoms with Crippen LogP contribution in [0, 0.1) is 5.92 Å². The Morgan fingerprint density at radius 3 is 2.55 bits per heavy atom. The molecule has 1 aliphatic rings. The predicted octanol–water partition coefficient (Wildman–Crippen LogP) is 5.98. The van der Waals surface area contributed by atoms with Gasteiger partial charge in [0.25, 0.3) is 0 Å². The minimum Gasteiger partial charge on any atom is -0.465 e. The molecule has 1 N–H and O–H groups in total. The number of hydrogen-bond donors (Lipinski definition) is 1. The molecule has 0 aromatic heterocycles. The minimum atomic E-state index is -1.84. The van der Waals surface area contributed by atoms with E-state index in [4.69, 9.17) is 20.8 Å². The lowest BCUT2D eigenvalue weighted by Crippen LogP contribution is -2.48. The highest BCUT2D eigenvalue weighted by atomic mass is 35.5. The monoisotopic (exact) mass is 441 g/mol. The number of carboxylic acid groups (broad SMARTS) is 1. The van der Waals surface area contributed by atoms with Crippen LogP contribution in [0.3, 0.4) is 0 Å². The van der Waals surface area contributed by atoms with E-state index in [1.165, 1.54) is 4.90 Å². The summed E-state index contributed by atoms with van der Waals surface area (Å²) in [7, 11) is -1.84. The Kier molecular flexibility index (Phi) is 7.82. The third-order valence-electron chi connectivity index (χ3n) is 6.62. The molecule has 0 aliphatic carbocycles. The highest BCUT2D eigenvalue weighted by molar-refractivity contribution is 6.74. The molecule has 1 amide bonds. The summed E-state index contributed by atoms with van der Waals surface area (Å²) in [6, 6.07) is 7.70. The Morgan fingerprint density at radius 2 is 1.97 bits per heavy atom. The van der Waals surface area contributed by atoms with Crippen LogP contribution in [0.25, 0.3) is 0 Å². The Bertz CT molecular complexity index is 706. The van der Waals surface area contributed by atoms with Crippen molar-refractivity contribution < 1.29 is 19.1 Å². The van der Waals surface area contributed by atoms with Gasteiger partial charge in [-0.05, 0) is 55.6 Å². The summed E-state index contributed by atoms with van der Waals surface area (Å²) in [6.07, 6.45) is 0.872. The van der Waals surface area contributed by atoms with Crippen molar-refractivity contribution in [2.24, 2.45) is 5.92 Å². The SMILES string of the molecule is CC(OCCO[Si](C)(C)C(C)(C)C)(c1cccc(Cl)c1)C1CCCN(C(=O)O)C1. The van der Waals surface area contributed by atoms with Gasteiger partial charge in [-0.15, -0.1) is 0 Å². The fourth-order valence-corrected chi connectivity index (χ4v) is 4.82. The molecule has 2 atom stereocenters. The molecular formula is C22H36ClNO4Si. The lowest BCUT2D eigenvalue weighted by atomic mass is 9.78. The first-order valence-corrected chi connectivity index (χ1v) is 13.7. The van der Waals surface area contributed by atoms with Crippen molar-refractivity contribution >= 4 is 26.0 Å². The summed E-state index contributed by atoms with van der Waals surface area (Å²) in [5.74, 6) is 0.0543. The molecule has 7 heteroatoms. The van der Waals surface area contributed by atoms with Gasteiger partial charge < -0.3 is 19.2 Å². The molecular weight excluding hydrogens is 406 g/mol. The van der Waals surface area contributed by atoms with E-state index in [-0.39, 0.29) is 11.0 Å². The number of rotatable bonds is 7. The highest BCUT2D eigenvalue weighted by Crippen LogP contribution is 2.40. The van der Waals surface area contributed by atoms with Crippen LogP contribution in [0.4, 0.5) is 4.79 Å². The molecule has 0 radical (unpaired) electrons. The van der Waals surface area contributed by atoms with Crippen LogP contribution >= 0.6 is 11.6 Å². The van der Waals surface area contributed by atoms with Crippen LogP contribution in [0.15, 0.2) is 24.3 Å². The number of halogens is 1. The van der Waals surface area contributed by atoms with E-state index < -0.39 is 20.0 Å². The molecule has 1 heterocycles. The molecule has 5 nitrogen and oxygen atoms in total. The van der Waals surface area contributed by atoms with Gasteiger partial charge in [0, 0.05) is 24.0 Å². The van der Waals surface area contributed by atoms with Crippen LogP contribution in [-0.4, -0.2) is 50.7 Å². The summed E-state index contributed by atoms with van der Waals surface area (Å²) in [4.78, 5) is 13.0. The third-order valence-corrected chi connectivity index (χ3v) is 11.4. The van der Waals surface area contributed by atoms with Crippen molar-refractivity contribution in [1.29, 1.82) is 0 Å². The minimum absolute atomic E-state index is 0.0543. The lowest BCUT2D eigenvalue weighted by Gasteiger charge is -2.43. The lowest BCUT2D eigenvalue weighted by molar-refractivity contribution is -0.103. The predicted molar refractivity (Wildman–Crippen MR) is 120 cm³/mol. The molecule has 29 heavy (non-hydrogen) atoms. The van der Waals surface area contributed by atoms with Crippen LogP contribution in [0.5, 0.6) is 0 Å². The molecule has 1 aromatic rings. The van der Waals surface area contributed by atoms with E-state index in [1.54, 1.807) is 0 Å². The molecule has 1 saturated heterocycles. The van der Waals surface area contributed by atoms with Crippen molar-refractivity contribution in [1.82, 2.24) is 4.90 Å². The van der Waals surface area contributed by atoms with Crippen LogP contribution in [0.1, 0.15) is 46.1 Å². The Hall–Kier alpha value is -1.08. The van der Waals surface area contributed by atoms with Gasteiger partial charge in [-0.25, -0.2) is 4.79 Å². The van der Waals surface area contributed by atoms with Gasteiger partial charge >= 0.3 is 6.09 Å². The zero-order valence-electron chi connectivity index (χ0n) is 18.6. The number of hydrogen-bond acceptors (Lipinski definition) is 3. The van der Waals surface area contributed by atoms with Gasteiger partial charge in [-0.3, -0.25) is 0 Å². The molecule has 1 fully saturated rings. The van der Waals surface area contributed by atoms with Crippen molar-refractivity contribution in [3.63, 3.8) is 0 Å². The van der Waals surface area contributed by atoms with E-state index in [2.05, 4.69) is 40.8 Å². The smallest absolute Gasteiger partial charge is 0.407 e. The maximum absolute atomic E-state index is 11.5. The van der Waals surface area contributed by atoms with E-state index in [9.17, 15) is 9.90 Å². The van der Waals surface area contributed by atoms with Crippen LogP contribution < -0.4 is 0 Å². The van der Waals surface area contributed by atoms with Crippen molar-refractivity contribution in [3.05, 3.63) is 34.9 Å². The summed E-state index contributed by atoms with van der Waals surface area (Å²) in [5, 5.41) is 10.3. The maximum atomic E-state index is 11.5. The fourth-order valence-electron chi connectivity index (χ4n) is 3.60. The largest absolute Gasteiger partial charge is 0.465 e. The first-order chi connectivity index (χ1) is 13.4. The van der Waals surface area contributed by atoms with Gasteiger partial charge in [0.15, 0.2) is 8.32 Å². The van der Waals surface area contributed by atoms with E-state index in [1.807, 2.05) is 24.3 Å². The van der Waals surface area contributed by atoms with Crippen molar-refractivity contribution in [3.8, 4) is 0 Å². The van der Waals surface area contributed by atoms with Crippen LogP contribution in [0.2, 0.25) is 23.2 Å².